The Morgan fingerprint density at radius 3 is 3.00 bits per heavy atom. The van der Waals surface area contributed by atoms with Crippen LogP contribution < -0.4 is 5.32 Å². The minimum absolute atomic E-state index is 0.197. The normalized spacial score (nSPS) is 13.5. The summed E-state index contributed by atoms with van der Waals surface area (Å²) in [5.74, 6) is 1.34. The number of carbonyl (C=O) groups excluding carboxylic acids is 1. The number of aromatic nitrogens is 6. The zero-order valence-electron chi connectivity index (χ0n) is 15.0. The third-order valence-corrected chi connectivity index (χ3v) is 5.45. The monoisotopic (exact) mass is 392 g/mol. The number of carbonyl (C=O) groups is 1. The minimum Gasteiger partial charge on any atom is -0.332 e. The summed E-state index contributed by atoms with van der Waals surface area (Å²) >= 11 is 1.49. The van der Waals surface area contributed by atoms with Crippen LogP contribution in [0.5, 0.6) is 0 Å². The molecule has 4 aromatic rings. The summed E-state index contributed by atoms with van der Waals surface area (Å²) in [5.41, 5.74) is 1.49. The van der Waals surface area contributed by atoms with Crippen LogP contribution in [0.1, 0.15) is 10.8 Å². The van der Waals surface area contributed by atoms with Crippen molar-refractivity contribution in [3.63, 3.8) is 0 Å². The molecule has 0 saturated carbocycles. The Kier molecular flexibility index (Phi) is 3.97. The number of nitrogens with zero attached hydrogens (tertiary/aromatic N) is 7. The van der Waals surface area contributed by atoms with Crippen molar-refractivity contribution in [1.82, 2.24) is 34.6 Å². The summed E-state index contributed by atoms with van der Waals surface area (Å²) in [6.45, 7) is 3.75. The summed E-state index contributed by atoms with van der Waals surface area (Å²) in [6.07, 6.45) is 5.39. The Labute approximate surface area is 164 Å². The van der Waals surface area contributed by atoms with Crippen molar-refractivity contribution in [3.8, 4) is 10.7 Å². The molecule has 10 heteroatoms. The molecule has 0 bridgehead atoms. The zero-order chi connectivity index (χ0) is 19.1. The maximum absolute atomic E-state index is 12.6. The maximum atomic E-state index is 12.6. The van der Waals surface area contributed by atoms with Gasteiger partial charge in [-0.3, -0.25) is 5.32 Å². The molecule has 0 unspecified atom stereocenters. The summed E-state index contributed by atoms with van der Waals surface area (Å²) in [7, 11) is 0. The van der Waals surface area contributed by atoms with E-state index in [4.69, 9.17) is 0 Å². The van der Waals surface area contributed by atoms with E-state index in [1.54, 1.807) is 23.4 Å². The molecule has 4 aromatic heterocycles. The number of urea groups is 1. The molecule has 140 valence electrons. The van der Waals surface area contributed by atoms with Gasteiger partial charge in [-0.25, -0.2) is 19.7 Å². The SMILES string of the molecule is Cc1nnc(-c2ccc3cnc(NC(=O)N4CCn5ccnc5C4)cc3n2)s1. The number of amides is 2. The number of fused-ring (bicyclic) bond motifs is 2. The molecule has 2 amide bonds. The third kappa shape index (κ3) is 3.07. The van der Waals surface area contributed by atoms with Crippen molar-refractivity contribution in [2.24, 2.45) is 0 Å². The van der Waals surface area contributed by atoms with Crippen LogP contribution in [0.25, 0.3) is 21.6 Å². The van der Waals surface area contributed by atoms with Gasteiger partial charge in [0.15, 0.2) is 5.01 Å². The molecule has 0 atom stereocenters. The fraction of sp³-hybridized carbons (Fsp3) is 0.222. The van der Waals surface area contributed by atoms with Gasteiger partial charge in [0, 0.05) is 43.1 Å². The molecule has 9 nitrogen and oxygen atoms in total. The van der Waals surface area contributed by atoms with E-state index in [-0.39, 0.29) is 6.03 Å². The largest absolute Gasteiger partial charge is 0.332 e. The third-order valence-electron chi connectivity index (χ3n) is 4.59. The van der Waals surface area contributed by atoms with Gasteiger partial charge in [0.25, 0.3) is 0 Å². The van der Waals surface area contributed by atoms with Gasteiger partial charge in [-0.05, 0) is 19.1 Å². The highest BCUT2D eigenvalue weighted by atomic mass is 32.1. The quantitative estimate of drug-likeness (QED) is 0.563. The summed E-state index contributed by atoms with van der Waals surface area (Å²) in [4.78, 5) is 27.6. The van der Waals surface area contributed by atoms with Crippen LogP contribution in [0.3, 0.4) is 0 Å². The van der Waals surface area contributed by atoms with Crippen LogP contribution >= 0.6 is 11.3 Å². The van der Waals surface area contributed by atoms with E-state index in [2.05, 4.69) is 35.0 Å². The molecule has 28 heavy (non-hydrogen) atoms. The molecule has 0 saturated heterocycles. The lowest BCUT2D eigenvalue weighted by atomic mass is 10.2. The number of imidazole rings is 1. The molecular formula is C18H16N8OS. The van der Waals surface area contributed by atoms with Crippen molar-refractivity contribution >= 4 is 34.1 Å². The van der Waals surface area contributed by atoms with Gasteiger partial charge in [-0.2, -0.15) is 0 Å². The number of nitrogens with one attached hydrogen (secondary N) is 1. The second-order valence-corrected chi connectivity index (χ2v) is 7.66. The van der Waals surface area contributed by atoms with Crippen molar-refractivity contribution in [2.45, 2.75) is 20.0 Å². The first-order chi connectivity index (χ1) is 13.7. The number of aryl methyl sites for hydroxylation is 1. The molecular weight excluding hydrogens is 376 g/mol. The number of pyridine rings is 2. The molecule has 5 heterocycles. The first kappa shape index (κ1) is 16.8. The fourth-order valence-electron chi connectivity index (χ4n) is 3.14. The highest BCUT2D eigenvalue weighted by Gasteiger charge is 2.21. The highest BCUT2D eigenvalue weighted by molar-refractivity contribution is 7.14. The van der Waals surface area contributed by atoms with Crippen LogP contribution in [0.4, 0.5) is 10.6 Å². The standard InChI is InChI=1S/C18H16N8OS/c1-11-23-24-17(28-11)13-3-2-12-9-20-15(8-14(12)21-13)22-18(27)26-7-6-25-5-4-19-16(25)10-26/h2-5,8-9H,6-7,10H2,1H3,(H,20,22,27). The topological polar surface area (TPSA) is 102 Å². The van der Waals surface area contributed by atoms with E-state index < -0.39 is 0 Å². The van der Waals surface area contributed by atoms with E-state index in [1.807, 2.05) is 25.3 Å². The lowest BCUT2D eigenvalue weighted by molar-refractivity contribution is 0.195. The van der Waals surface area contributed by atoms with Gasteiger partial charge in [-0.15, -0.1) is 10.2 Å². The highest BCUT2D eigenvalue weighted by Crippen LogP contribution is 2.24. The summed E-state index contributed by atoms with van der Waals surface area (Å²) < 4.78 is 2.05. The lowest BCUT2D eigenvalue weighted by Crippen LogP contribution is -2.40. The molecule has 0 spiro atoms. The smallest absolute Gasteiger partial charge is 0.323 e. The molecule has 1 N–H and O–H groups in total. The average molecular weight is 392 g/mol. The van der Waals surface area contributed by atoms with E-state index in [0.29, 0.717) is 18.9 Å². The predicted molar refractivity (Wildman–Crippen MR) is 105 cm³/mol. The average Bonchev–Trinajstić information content (AvgIpc) is 3.35. The molecule has 1 aliphatic heterocycles. The van der Waals surface area contributed by atoms with Crippen molar-refractivity contribution in [3.05, 3.63) is 47.6 Å². The van der Waals surface area contributed by atoms with Crippen molar-refractivity contribution in [2.75, 3.05) is 11.9 Å². The number of hydrogen-bond acceptors (Lipinski definition) is 7. The van der Waals surface area contributed by atoms with E-state index in [9.17, 15) is 4.79 Å². The Balaban J connectivity index is 1.38. The van der Waals surface area contributed by atoms with Gasteiger partial charge in [0.1, 0.15) is 22.3 Å². The first-order valence-electron chi connectivity index (χ1n) is 8.79. The second kappa shape index (κ2) is 6.64. The Hall–Kier alpha value is -3.40. The van der Waals surface area contributed by atoms with Crippen molar-refractivity contribution < 1.29 is 4.79 Å². The minimum atomic E-state index is -0.197. The Bertz CT molecular complexity index is 1180. The number of anilines is 1. The van der Waals surface area contributed by atoms with Gasteiger partial charge in [0.05, 0.1) is 12.1 Å². The lowest BCUT2D eigenvalue weighted by Gasteiger charge is -2.27. The maximum Gasteiger partial charge on any atom is 0.323 e. The molecule has 0 fully saturated rings. The molecule has 0 radical (unpaired) electrons. The van der Waals surface area contributed by atoms with Crippen LogP contribution in [0.2, 0.25) is 0 Å². The Morgan fingerprint density at radius 1 is 1.21 bits per heavy atom. The first-order valence-corrected chi connectivity index (χ1v) is 9.60. The number of hydrogen-bond donors (Lipinski definition) is 1. The molecule has 5 rings (SSSR count). The number of rotatable bonds is 2. The van der Waals surface area contributed by atoms with E-state index in [1.165, 1.54) is 11.3 Å². The second-order valence-electron chi connectivity index (χ2n) is 6.47. The van der Waals surface area contributed by atoms with Crippen LogP contribution in [0, 0.1) is 6.92 Å². The Morgan fingerprint density at radius 2 is 2.14 bits per heavy atom. The molecule has 1 aliphatic rings. The fourth-order valence-corrected chi connectivity index (χ4v) is 3.80. The van der Waals surface area contributed by atoms with Gasteiger partial charge < -0.3 is 9.47 Å². The van der Waals surface area contributed by atoms with Gasteiger partial charge in [-0.1, -0.05) is 11.3 Å². The van der Waals surface area contributed by atoms with Gasteiger partial charge >= 0.3 is 6.03 Å². The predicted octanol–water partition coefficient (Wildman–Crippen LogP) is 2.70. The molecule has 0 aliphatic carbocycles. The van der Waals surface area contributed by atoms with Crippen LogP contribution in [-0.4, -0.2) is 47.2 Å². The van der Waals surface area contributed by atoms with Gasteiger partial charge in [0.2, 0.25) is 0 Å². The van der Waals surface area contributed by atoms with Crippen LogP contribution in [0.15, 0.2) is 36.8 Å². The summed E-state index contributed by atoms with van der Waals surface area (Å²) in [5, 5.41) is 13.6. The van der Waals surface area contributed by atoms with E-state index in [0.717, 1.165) is 39.0 Å². The van der Waals surface area contributed by atoms with Crippen LogP contribution in [-0.2, 0) is 13.1 Å². The molecule has 0 aromatic carbocycles. The van der Waals surface area contributed by atoms with E-state index >= 15 is 0 Å². The van der Waals surface area contributed by atoms with Crippen molar-refractivity contribution in [1.29, 1.82) is 0 Å². The zero-order valence-corrected chi connectivity index (χ0v) is 15.8. The summed E-state index contributed by atoms with van der Waals surface area (Å²) in [6, 6.07) is 5.42.